The highest BCUT2D eigenvalue weighted by atomic mass is 16.5. The first kappa shape index (κ1) is 12.6. The molecular weight excluding hydrogens is 236 g/mol. The first-order valence-electron chi connectivity index (χ1n) is 5.89. The maximum Gasteiger partial charge on any atom is 0.276 e. The molecule has 7 nitrogen and oxygen atoms in total. The van der Waals surface area contributed by atoms with Crippen LogP contribution in [0.4, 0.5) is 0 Å². The second-order valence-corrected chi connectivity index (χ2v) is 4.27. The fraction of sp³-hybridized carbons (Fsp3) is 0.545. The summed E-state index contributed by atoms with van der Waals surface area (Å²) in [4.78, 5) is 24.8. The summed E-state index contributed by atoms with van der Waals surface area (Å²) in [5.41, 5.74) is 5.40. The minimum Gasteiger partial charge on any atom is -0.368 e. The molecule has 1 aliphatic heterocycles. The highest BCUT2D eigenvalue weighted by Crippen LogP contribution is 2.14. The molecule has 1 fully saturated rings. The van der Waals surface area contributed by atoms with E-state index in [1.807, 2.05) is 0 Å². The van der Waals surface area contributed by atoms with Gasteiger partial charge in [0.1, 0.15) is 6.26 Å². The third-order valence-corrected chi connectivity index (χ3v) is 2.99. The normalized spacial score (nSPS) is 16.4. The van der Waals surface area contributed by atoms with Crippen LogP contribution in [0.3, 0.4) is 0 Å². The molecule has 1 aliphatic rings. The zero-order chi connectivity index (χ0) is 13.0. The maximum atomic E-state index is 12.2. The quantitative estimate of drug-likeness (QED) is 0.741. The van der Waals surface area contributed by atoms with Gasteiger partial charge in [-0.15, -0.1) is 0 Å². The number of piperidine rings is 1. The van der Waals surface area contributed by atoms with Gasteiger partial charge in [0.25, 0.3) is 5.91 Å². The molecule has 18 heavy (non-hydrogen) atoms. The van der Waals surface area contributed by atoms with Gasteiger partial charge in [-0.05, 0) is 25.9 Å². The van der Waals surface area contributed by atoms with Gasteiger partial charge in [0.05, 0.1) is 6.54 Å². The number of carbonyl (C=O) groups excluding carboxylic acids is 2. The van der Waals surface area contributed by atoms with Crippen LogP contribution in [-0.4, -0.2) is 47.5 Å². The lowest BCUT2D eigenvalue weighted by atomic mass is 10.0. The van der Waals surface area contributed by atoms with Crippen LogP contribution in [0.1, 0.15) is 23.3 Å². The van der Waals surface area contributed by atoms with Crippen molar-refractivity contribution in [3.63, 3.8) is 0 Å². The maximum absolute atomic E-state index is 12.2. The summed E-state index contributed by atoms with van der Waals surface area (Å²) in [5.74, 6) is -0.833. The molecule has 0 saturated carbocycles. The van der Waals surface area contributed by atoms with Crippen molar-refractivity contribution in [2.24, 2.45) is 5.73 Å². The molecule has 3 N–H and O–H groups in total. The van der Waals surface area contributed by atoms with Gasteiger partial charge in [0.2, 0.25) is 5.91 Å². The number of nitrogens with one attached hydrogen (secondary N) is 1. The van der Waals surface area contributed by atoms with E-state index in [0.717, 1.165) is 25.9 Å². The van der Waals surface area contributed by atoms with E-state index >= 15 is 0 Å². The smallest absolute Gasteiger partial charge is 0.276 e. The third-order valence-electron chi connectivity index (χ3n) is 2.99. The van der Waals surface area contributed by atoms with Crippen molar-refractivity contribution >= 4 is 11.8 Å². The molecule has 1 saturated heterocycles. The van der Waals surface area contributed by atoms with Crippen LogP contribution in [0.2, 0.25) is 0 Å². The molecule has 0 bridgehead atoms. The Bertz CT molecular complexity index is 412. The molecule has 1 aromatic rings. The Balaban J connectivity index is 2.13. The van der Waals surface area contributed by atoms with Crippen LogP contribution in [0.15, 0.2) is 16.9 Å². The van der Waals surface area contributed by atoms with Crippen molar-refractivity contribution in [2.75, 3.05) is 19.6 Å². The first-order chi connectivity index (χ1) is 8.68. The topological polar surface area (TPSA) is 101 Å². The van der Waals surface area contributed by atoms with Crippen LogP contribution >= 0.6 is 0 Å². The minimum atomic E-state index is -0.523. The first-order valence-corrected chi connectivity index (χ1v) is 5.89. The largest absolute Gasteiger partial charge is 0.368 e. The highest BCUT2D eigenvalue weighted by molar-refractivity contribution is 5.94. The highest BCUT2D eigenvalue weighted by Gasteiger charge is 2.28. The summed E-state index contributed by atoms with van der Waals surface area (Å²) >= 11 is 0. The van der Waals surface area contributed by atoms with Gasteiger partial charge < -0.3 is 20.5 Å². The van der Waals surface area contributed by atoms with E-state index in [4.69, 9.17) is 5.73 Å². The molecule has 1 aromatic heterocycles. The molecule has 0 unspecified atom stereocenters. The summed E-state index contributed by atoms with van der Waals surface area (Å²) in [5, 5.41) is 6.81. The Morgan fingerprint density at radius 1 is 1.50 bits per heavy atom. The zero-order valence-electron chi connectivity index (χ0n) is 9.96. The molecule has 2 amide bonds. The number of primary amides is 1. The average molecular weight is 252 g/mol. The van der Waals surface area contributed by atoms with Gasteiger partial charge in [-0.3, -0.25) is 9.59 Å². The van der Waals surface area contributed by atoms with Crippen molar-refractivity contribution in [3.05, 3.63) is 18.0 Å². The van der Waals surface area contributed by atoms with E-state index in [0.29, 0.717) is 0 Å². The predicted octanol–water partition coefficient (Wildman–Crippen LogP) is -0.646. The fourth-order valence-corrected chi connectivity index (χ4v) is 2.12. The van der Waals surface area contributed by atoms with Crippen LogP contribution in [0.5, 0.6) is 0 Å². The van der Waals surface area contributed by atoms with Gasteiger partial charge in [-0.2, -0.15) is 0 Å². The Hall–Kier alpha value is -1.89. The molecule has 0 aromatic carbocycles. The second-order valence-electron chi connectivity index (χ2n) is 4.27. The van der Waals surface area contributed by atoms with Gasteiger partial charge >= 0.3 is 0 Å². The number of hydrogen-bond acceptors (Lipinski definition) is 5. The Morgan fingerprint density at radius 2 is 2.22 bits per heavy atom. The van der Waals surface area contributed by atoms with E-state index in [1.54, 1.807) is 0 Å². The van der Waals surface area contributed by atoms with E-state index in [9.17, 15) is 9.59 Å². The molecule has 7 heteroatoms. The van der Waals surface area contributed by atoms with Crippen molar-refractivity contribution < 1.29 is 14.1 Å². The SMILES string of the molecule is NC(=O)CN(C(=O)c1ccon1)C1CCNCC1. The van der Waals surface area contributed by atoms with Crippen molar-refractivity contribution in [3.8, 4) is 0 Å². The molecule has 0 aliphatic carbocycles. The summed E-state index contributed by atoms with van der Waals surface area (Å²) < 4.78 is 4.65. The molecule has 2 rings (SSSR count). The van der Waals surface area contributed by atoms with E-state index in [2.05, 4.69) is 15.0 Å². The van der Waals surface area contributed by atoms with Crippen molar-refractivity contribution in [1.82, 2.24) is 15.4 Å². The Morgan fingerprint density at radius 3 is 2.78 bits per heavy atom. The van der Waals surface area contributed by atoms with Crippen LogP contribution in [-0.2, 0) is 4.79 Å². The standard InChI is InChI=1S/C11H16N4O3/c12-10(16)7-15(8-1-4-13-5-2-8)11(17)9-3-6-18-14-9/h3,6,8,13H,1-2,4-5,7H2,(H2,12,16). The molecule has 0 radical (unpaired) electrons. The number of rotatable bonds is 4. The van der Waals surface area contributed by atoms with Gasteiger partial charge in [-0.1, -0.05) is 5.16 Å². The average Bonchev–Trinajstić information content (AvgIpc) is 2.90. The van der Waals surface area contributed by atoms with Crippen LogP contribution < -0.4 is 11.1 Å². The predicted molar refractivity (Wildman–Crippen MR) is 62.6 cm³/mol. The lowest BCUT2D eigenvalue weighted by Crippen LogP contribution is -2.49. The van der Waals surface area contributed by atoms with Gasteiger partial charge in [-0.25, -0.2) is 0 Å². The van der Waals surface area contributed by atoms with E-state index in [-0.39, 0.29) is 24.2 Å². The summed E-state index contributed by atoms with van der Waals surface area (Å²) in [6.07, 6.45) is 2.94. The Labute approximate surface area is 104 Å². The van der Waals surface area contributed by atoms with Crippen LogP contribution in [0, 0.1) is 0 Å². The summed E-state index contributed by atoms with van der Waals surface area (Å²) in [6.45, 7) is 1.56. The van der Waals surface area contributed by atoms with E-state index < -0.39 is 5.91 Å². The number of amides is 2. The molecule has 98 valence electrons. The van der Waals surface area contributed by atoms with Crippen molar-refractivity contribution in [1.29, 1.82) is 0 Å². The third kappa shape index (κ3) is 2.86. The summed E-state index contributed by atoms with van der Waals surface area (Å²) in [6, 6.07) is 1.50. The van der Waals surface area contributed by atoms with Gasteiger partial charge in [0.15, 0.2) is 5.69 Å². The summed E-state index contributed by atoms with van der Waals surface area (Å²) in [7, 11) is 0. The lowest BCUT2D eigenvalue weighted by Gasteiger charge is -2.33. The monoisotopic (exact) mass is 252 g/mol. The second kappa shape index (κ2) is 5.63. The van der Waals surface area contributed by atoms with Crippen LogP contribution in [0.25, 0.3) is 0 Å². The zero-order valence-corrected chi connectivity index (χ0v) is 9.96. The van der Waals surface area contributed by atoms with E-state index in [1.165, 1.54) is 17.2 Å². The fourth-order valence-electron chi connectivity index (χ4n) is 2.12. The molecule has 0 atom stereocenters. The molecule has 0 spiro atoms. The molecule has 2 heterocycles. The number of carbonyl (C=O) groups is 2. The number of nitrogens with zero attached hydrogens (tertiary/aromatic N) is 2. The molecular formula is C11H16N4O3. The number of hydrogen-bond donors (Lipinski definition) is 2. The van der Waals surface area contributed by atoms with Crippen molar-refractivity contribution in [2.45, 2.75) is 18.9 Å². The minimum absolute atomic E-state index is 0.0166. The number of nitrogens with two attached hydrogens (primary N) is 1. The number of aromatic nitrogens is 1. The van der Waals surface area contributed by atoms with Gasteiger partial charge in [0, 0.05) is 12.1 Å². The lowest BCUT2D eigenvalue weighted by molar-refractivity contribution is -0.119. The Kier molecular flexibility index (Phi) is 3.93.